The minimum Gasteiger partial charge on any atom is -0.489 e. The van der Waals surface area contributed by atoms with Crippen LogP contribution < -0.4 is 4.74 Å². The number of carboxylic acids is 1. The average molecular weight is 374 g/mol. The van der Waals surface area contributed by atoms with Gasteiger partial charge in [0.25, 0.3) is 0 Å². The van der Waals surface area contributed by atoms with Crippen molar-refractivity contribution in [2.45, 2.75) is 26.5 Å². The van der Waals surface area contributed by atoms with Crippen molar-refractivity contribution in [1.82, 2.24) is 4.90 Å². The third-order valence-electron chi connectivity index (χ3n) is 4.59. The molecule has 1 fully saturated rings. The number of hydrogen-bond acceptors (Lipinski definition) is 3. The van der Waals surface area contributed by atoms with E-state index in [1.165, 1.54) is 0 Å². The minimum atomic E-state index is -0.942. The number of halogens is 1. The first kappa shape index (κ1) is 18.3. The second-order valence-electron chi connectivity index (χ2n) is 6.48. The van der Waals surface area contributed by atoms with Crippen molar-refractivity contribution in [3.05, 3.63) is 64.2 Å². The zero-order chi connectivity index (χ0) is 18.7. The number of benzene rings is 2. The van der Waals surface area contributed by atoms with E-state index in [0.717, 1.165) is 16.7 Å². The highest BCUT2D eigenvalue weighted by molar-refractivity contribution is 6.30. The van der Waals surface area contributed by atoms with Crippen molar-refractivity contribution >= 4 is 23.5 Å². The Morgan fingerprint density at radius 1 is 1.27 bits per heavy atom. The van der Waals surface area contributed by atoms with E-state index in [4.69, 9.17) is 21.4 Å². The highest BCUT2D eigenvalue weighted by atomic mass is 35.5. The summed E-state index contributed by atoms with van der Waals surface area (Å²) in [6, 6.07) is 13.3. The SMILES string of the molecule is Cc1ccccc1COc1ccc(Cl)cc1CN1CC(C(=O)O)CC1=O. The van der Waals surface area contributed by atoms with Crippen LogP contribution in [0.15, 0.2) is 42.5 Å². The molecule has 2 aromatic carbocycles. The molecule has 1 amide bonds. The third-order valence-corrected chi connectivity index (χ3v) is 4.83. The Labute approximate surface area is 157 Å². The number of aryl methyl sites for hydroxylation is 1. The van der Waals surface area contributed by atoms with Crippen LogP contribution in [-0.2, 0) is 22.7 Å². The van der Waals surface area contributed by atoms with Crippen molar-refractivity contribution in [1.29, 1.82) is 0 Å². The summed E-state index contributed by atoms with van der Waals surface area (Å²) in [7, 11) is 0. The topological polar surface area (TPSA) is 66.8 Å². The van der Waals surface area contributed by atoms with E-state index in [9.17, 15) is 9.59 Å². The zero-order valence-electron chi connectivity index (χ0n) is 14.4. The monoisotopic (exact) mass is 373 g/mol. The summed E-state index contributed by atoms with van der Waals surface area (Å²) in [5, 5.41) is 9.67. The summed E-state index contributed by atoms with van der Waals surface area (Å²) in [6.07, 6.45) is 0.0370. The van der Waals surface area contributed by atoms with Gasteiger partial charge in [-0.1, -0.05) is 35.9 Å². The summed E-state index contributed by atoms with van der Waals surface area (Å²) >= 11 is 6.11. The number of carbonyl (C=O) groups is 2. The number of nitrogens with zero attached hydrogens (tertiary/aromatic N) is 1. The second kappa shape index (κ2) is 7.79. The number of amides is 1. The Morgan fingerprint density at radius 2 is 2.04 bits per heavy atom. The Balaban J connectivity index is 1.75. The van der Waals surface area contributed by atoms with Gasteiger partial charge in [0.05, 0.1) is 5.92 Å². The van der Waals surface area contributed by atoms with Crippen LogP contribution >= 0.6 is 11.6 Å². The maximum atomic E-state index is 12.1. The van der Waals surface area contributed by atoms with E-state index in [2.05, 4.69) is 0 Å². The second-order valence-corrected chi connectivity index (χ2v) is 6.92. The van der Waals surface area contributed by atoms with Crippen molar-refractivity contribution in [3.8, 4) is 5.75 Å². The van der Waals surface area contributed by atoms with Gasteiger partial charge in [-0.15, -0.1) is 0 Å². The van der Waals surface area contributed by atoms with Crippen molar-refractivity contribution in [2.24, 2.45) is 5.92 Å². The Kier molecular flexibility index (Phi) is 5.47. The third kappa shape index (κ3) is 4.17. The molecular formula is C20H20ClNO4. The zero-order valence-corrected chi connectivity index (χ0v) is 15.2. The highest BCUT2D eigenvalue weighted by Crippen LogP contribution is 2.28. The first-order valence-electron chi connectivity index (χ1n) is 8.40. The molecular weight excluding hydrogens is 354 g/mol. The van der Waals surface area contributed by atoms with Gasteiger partial charge in [0.15, 0.2) is 0 Å². The summed E-state index contributed by atoms with van der Waals surface area (Å²) in [5.41, 5.74) is 2.99. The standard InChI is InChI=1S/C20H20ClNO4/c1-13-4-2-3-5-14(13)12-26-18-7-6-17(21)8-15(18)10-22-11-16(20(24)25)9-19(22)23/h2-8,16H,9-12H2,1H3,(H,24,25). The van der Waals surface area contributed by atoms with E-state index in [0.29, 0.717) is 17.4 Å². The maximum absolute atomic E-state index is 12.1. The van der Waals surface area contributed by atoms with E-state index in [1.54, 1.807) is 23.1 Å². The van der Waals surface area contributed by atoms with Crippen LogP contribution in [0.3, 0.4) is 0 Å². The Bertz CT molecular complexity index is 836. The Hall–Kier alpha value is -2.53. The molecule has 0 saturated carbocycles. The van der Waals surface area contributed by atoms with Gasteiger partial charge in [0.1, 0.15) is 12.4 Å². The van der Waals surface area contributed by atoms with E-state index >= 15 is 0 Å². The smallest absolute Gasteiger partial charge is 0.308 e. The molecule has 5 nitrogen and oxygen atoms in total. The van der Waals surface area contributed by atoms with Gasteiger partial charge >= 0.3 is 5.97 Å². The van der Waals surface area contributed by atoms with Gasteiger partial charge in [-0.25, -0.2) is 0 Å². The van der Waals surface area contributed by atoms with Crippen molar-refractivity contribution in [3.63, 3.8) is 0 Å². The number of carbonyl (C=O) groups excluding carboxylic acids is 1. The number of ether oxygens (including phenoxy) is 1. The van der Waals surface area contributed by atoms with Crippen LogP contribution in [0.4, 0.5) is 0 Å². The molecule has 6 heteroatoms. The van der Waals surface area contributed by atoms with E-state index in [-0.39, 0.29) is 25.4 Å². The highest BCUT2D eigenvalue weighted by Gasteiger charge is 2.34. The van der Waals surface area contributed by atoms with Gasteiger partial charge in [-0.2, -0.15) is 0 Å². The largest absolute Gasteiger partial charge is 0.489 e. The molecule has 1 atom stereocenters. The lowest BCUT2D eigenvalue weighted by molar-refractivity contribution is -0.141. The van der Waals surface area contributed by atoms with Gasteiger partial charge < -0.3 is 14.7 Å². The fourth-order valence-electron chi connectivity index (χ4n) is 3.04. The van der Waals surface area contributed by atoms with Crippen LogP contribution in [0.2, 0.25) is 5.02 Å². The van der Waals surface area contributed by atoms with Crippen LogP contribution in [-0.4, -0.2) is 28.4 Å². The lowest BCUT2D eigenvalue weighted by Gasteiger charge is -2.19. The van der Waals surface area contributed by atoms with Crippen LogP contribution in [0.1, 0.15) is 23.1 Å². The molecule has 0 aromatic heterocycles. The van der Waals surface area contributed by atoms with Crippen LogP contribution in [0.5, 0.6) is 5.75 Å². The summed E-state index contributed by atoms with van der Waals surface area (Å²) in [4.78, 5) is 24.8. The van der Waals surface area contributed by atoms with Crippen molar-refractivity contribution in [2.75, 3.05) is 6.54 Å². The van der Waals surface area contributed by atoms with Gasteiger partial charge in [0, 0.05) is 30.1 Å². The molecule has 0 bridgehead atoms. The van der Waals surface area contributed by atoms with E-state index < -0.39 is 11.9 Å². The predicted octanol–water partition coefficient (Wildman–Crippen LogP) is 3.66. The van der Waals surface area contributed by atoms with Gasteiger partial charge in [-0.05, 0) is 36.2 Å². The maximum Gasteiger partial charge on any atom is 0.308 e. The molecule has 0 spiro atoms. The number of hydrogen-bond donors (Lipinski definition) is 1. The van der Waals surface area contributed by atoms with Crippen LogP contribution in [0.25, 0.3) is 0 Å². The quantitative estimate of drug-likeness (QED) is 0.839. The molecule has 1 heterocycles. The fraction of sp³-hybridized carbons (Fsp3) is 0.300. The normalized spacial score (nSPS) is 16.8. The molecule has 1 aliphatic heterocycles. The van der Waals surface area contributed by atoms with E-state index in [1.807, 2.05) is 31.2 Å². The lowest BCUT2D eigenvalue weighted by atomic mass is 10.1. The number of rotatable bonds is 6. The number of carboxylic acid groups (broad SMARTS) is 1. The minimum absolute atomic E-state index is 0.0370. The average Bonchev–Trinajstić information content (AvgIpc) is 2.97. The fourth-order valence-corrected chi connectivity index (χ4v) is 3.23. The molecule has 3 rings (SSSR count). The molecule has 136 valence electrons. The lowest BCUT2D eigenvalue weighted by Crippen LogP contribution is -2.26. The molecule has 1 N–H and O–H groups in total. The number of aliphatic carboxylic acids is 1. The molecule has 1 saturated heterocycles. The number of likely N-dealkylation sites (tertiary alicyclic amines) is 1. The summed E-state index contributed by atoms with van der Waals surface area (Å²) in [5.74, 6) is -1.12. The summed E-state index contributed by atoms with van der Waals surface area (Å²) in [6.45, 7) is 2.92. The van der Waals surface area contributed by atoms with Crippen molar-refractivity contribution < 1.29 is 19.4 Å². The Morgan fingerprint density at radius 3 is 2.73 bits per heavy atom. The summed E-state index contributed by atoms with van der Waals surface area (Å²) < 4.78 is 5.97. The molecule has 1 aliphatic rings. The van der Waals surface area contributed by atoms with Gasteiger partial charge in [0.2, 0.25) is 5.91 Å². The predicted molar refractivity (Wildman–Crippen MR) is 98.1 cm³/mol. The first-order chi connectivity index (χ1) is 12.4. The molecule has 26 heavy (non-hydrogen) atoms. The molecule has 0 aliphatic carbocycles. The molecule has 2 aromatic rings. The van der Waals surface area contributed by atoms with Gasteiger partial charge in [-0.3, -0.25) is 9.59 Å². The molecule has 1 unspecified atom stereocenters. The molecule has 0 radical (unpaired) electrons. The first-order valence-corrected chi connectivity index (χ1v) is 8.78. The van der Waals surface area contributed by atoms with Crippen LogP contribution in [0, 0.1) is 12.8 Å².